The van der Waals surface area contributed by atoms with Crippen LogP contribution in [0.3, 0.4) is 0 Å². The molecule has 1 amide bonds. The third kappa shape index (κ3) is 4.16. The van der Waals surface area contributed by atoms with Gasteiger partial charge in [-0.1, -0.05) is 42.5 Å². The molecule has 24 heavy (non-hydrogen) atoms. The third-order valence-electron chi connectivity index (χ3n) is 4.58. The van der Waals surface area contributed by atoms with E-state index in [1.165, 1.54) is 29.5 Å². The van der Waals surface area contributed by atoms with Gasteiger partial charge in [-0.3, -0.25) is 4.79 Å². The maximum Gasteiger partial charge on any atom is 0.260 e. The number of rotatable bonds is 6. The maximum atomic E-state index is 12.3. The van der Waals surface area contributed by atoms with Gasteiger partial charge in [0.25, 0.3) is 5.91 Å². The molecule has 2 aromatic rings. The fraction of sp³-hybridized carbons (Fsp3) is 0.381. The van der Waals surface area contributed by atoms with E-state index in [0.29, 0.717) is 6.54 Å². The van der Waals surface area contributed by atoms with Crippen molar-refractivity contribution < 1.29 is 9.53 Å². The van der Waals surface area contributed by atoms with E-state index in [-0.39, 0.29) is 5.91 Å². The second-order valence-corrected chi connectivity index (χ2v) is 6.39. The molecule has 0 aliphatic heterocycles. The Labute approximate surface area is 144 Å². The molecule has 1 atom stereocenters. The molecule has 3 rings (SSSR count). The Balaban J connectivity index is 1.53. The van der Waals surface area contributed by atoms with Gasteiger partial charge in [-0.25, -0.2) is 0 Å². The number of hydrogen-bond acceptors (Lipinski definition) is 2. The molecule has 0 fully saturated rings. The first-order valence-corrected chi connectivity index (χ1v) is 8.83. The first-order valence-electron chi connectivity index (χ1n) is 8.83. The van der Waals surface area contributed by atoms with Crippen molar-refractivity contribution >= 4 is 5.91 Å². The first kappa shape index (κ1) is 16.6. The number of nitrogens with one attached hydrogen (secondary N) is 1. The number of ether oxygens (including phenoxy) is 1. The van der Waals surface area contributed by atoms with E-state index in [1.807, 2.05) is 37.3 Å². The fourth-order valence-electron chi connectivity index (χ4n) is 3.22. The van der Waals surface area contributed by atoms with Crippen molar-refractivity contribution in [1.82, 2.24) is 5.32 Å². The largest absolute Gasteiger partial charge is 0.481 e. The molecule has 0 saturated heterocycles. The van der Waals surface area contributed by atoms with Gasteiger partial charge < -0.3 is 10.1 Å². The van der Waals surface area contributed by atoms with E-state index in [9.17, 15) is 4.79 Å². The molecule has 3 heteroatoms. The van der Waals surface area contributed by atoms with Crippen LogP contribution in [0.1, 0.15) is 36.5 Å². The van der Waals surface area contributed by atoms with Crippen molar-refractivity contribution in [2.24, 2.45) is 0 Å². The molecule has 0 heterocycles. The molecule has 0 radical (unpaired) electrons. The highest BCUT2D eigenvalue weighted by Gasteiger charge is 2.19. The Morgan fingerprint density at radius 1 is 1.08 bits per heavy atom. The predicted octanol–water partition coefficient (Wildman–Crippen LogP) is 3.69. The standard InChI is InChI=1S/C21H25NO2/c1-16(21(23)22-15-14-17-8-3-2-4-9-17)24-20-13-7-11-18-10-5-6-12-19(18)20/h2-4,7-9,11,13,16H,5-6,10,12,14-15H2,1H3,(H,22,23)/t16-/m0/s1. The zero-order chi connectivity index (χ0) is 16.8. The average molecular weight is 323 g/mol. The lowest BCUT2D eigenvalue weighted by molar-refractivity contribution is -0.127. The Hall–Kier alpha value is -2.29. The van der Waals surface area contributed by atoms with Crippen LogP contribution in [0.15, 0.2) is 48.5 Å². The first-order chi connectivity index (χ1) is 11.7. The Morgan fingerprint density at radius 2 is 1.88 bits per heavy atom. The maximum absolute atomic E-state index is 12.3. The summed E-state index contributed by atoms with van der Waals surface area (Å²) >= 11 is 0. The lowest BCUT2D eigenvalue weighted by Crippen LogP contribution is -2.37. The second kappa shape index (κ2) is 8.00. The second-order valence-electron chi connectivity index (χ2n) is 6.39. The number of aryl methyl sites for hydroxylation is 1. The molecule has 0 aromatic heterocycles. The number of amides is 1. The Morgan fingerprint density at radius 3 is 2.71 bits per heavy atom. The summed E-state index contributed by atoms with van der Waals surface area (Å²) in [4.78, 5) is 12.3. The smallest absolute Gasteiger partial charge is 0.260 e. The number of carbonyl (C=O) groups excluding carboxylic acids is 1. The van der Waals surface area contributed by atoms with E-state index in [2.05, 4.69) is 23.5 Å². The SMILES string of the molecule is C[C@H](Oc1cccc2c1CCCC2)C(=O)NCCc1ccccc1. The van der Waals surface area contributed by atoms with E-state index in [0.717, 1.165) is 25.0 Å². The van der Waals surface area contributed by atoms with Gasteiger partial charge in [0, 0.05) is 6.54 Å². The van der Waals surface area contributed by atoms with Gasteiger partial charge in [0.05, 0.1) is 0 Å². The van der Waals surface area contributed by atoms with Crippen LogP contribution in [0, 0.1) is 0 Å². The monoisotopic (exact) mass is 323 g/mol. The molecule has 3 nitrogen and oxygen atoms in total. The number of fused-ring (bicyclic) bond motifs is 1. The van der Waals surface area contributed by atoms with Crippen molar-refractivity contribution in [2.45, 2.75) is 45.1 Å². The molecule has 0 spiro atoms. The summed E-state index contributed by atoms with van der Waals surface area (Å²) in [5.74, 6) is 0.817. The van der Waals surface area contributed by atoms with Crippen LogP contribution in [0.4, 0.5) is 0 Å². The van der Waals surface area contributed by atoms with E-state index >= 15 is 0 Å². The van der Waals surface area contributed by atoms with Crippen LogP contribution >= 0.6 is 0 Å². The molecule has 0 saturated carbocycles. The summed E-state index contributed by atoms with van der Waals surface area (Å²) in [5.41, 5.74) is 3.88. The average Bonchev–Trinajstić information content (AvgIpc) is 2.63. The van der Waals surface area contributed by atoms with E-state index < -0.39 is 6.10 Å². The molecule has 1 aliphatic carbocycles. The molecule has 0 unspecified atom stereocenters. The van der Waals surface area contributed by atoms with Crippen molar-refractivity contribution in [3.8, 4) is 5.75 Å². The highest BCUT2D eigenvalue weighted by atomic mass is 16.5. The molecular weight excluding hydrogens is 298 g/mol. The minimum Gasteiger partial charge on any atom is -0.481 e. The summed E-state index contributed by atoms with van der Waals surface area (Å²) in [5, 5.41) is 2.97. The summed E-state index contributed by atoms with van der Waals surface area (Å²) in [6.07, 6.45) is 4.96. The van der Waals surface area contributed by atoms with Crippen LogP contribution in [-0.4, -0.2) is 18.6 Å². The van der Waals surface area contributed by atoms with Gasteiger partial charge in [-0.15, -0.1) is 0 Å². The fourth-order valence-corrected chi connectivity index (χ4v) is 3.22. The lowest BCUT2D eigenvalue weighted by Gasteiger charge is -2.22. The summed E-state index contributed by atoms with van der Waals surface area (Å²) in [6.45, 7) is 2.45. The summed E-state index contributed by atoms with van der Waals surface area (Å²) in [7, 11) is 0. The normalized spacial score (nSPS) is 14.5. The summed E-state index contributed by atoms with van der Waals surface area (Å²) in [6, 6.07) is 16.4. The Kier molecular flexibility index (Phi) is 5.52. The number of hydrogen-bond donors (Lipinski definition) is 1. The zero-order valence-corrected chi connectivity index (χ0v) is 14.3. The van der Waals surface area contributed by atoms with Crippen molar-refractivity contribution in [3.05, 3.63) is 65.2 Å². The minimum absolute atomic E-state index is 0.0562. The predicted molar refractivity (Wildman–Crippen MR) is 96.3 cm³/mol. The van der Waals surface area contributed by atoms with Gasteiger partial charge in [-0.05, 0) is 61.8 Å². The zero-order valence-electron chi connectivity index (χ0n) is 14.3. The molecule has 2 aromatic carbocycles. The lowest BCUT2D eigenvalue weighted by atomic mass is 9.91. The van der Waals surface area contributed by atoms with Gasteiger partial charge in [0.1, 0.15) is 5.75 Å². The van der Waals surface area contributed by atoms with Crippen molar-refractivity contribution in [2.75, 3.05) is 6.54 Å². The van der Waals surface area contributed by atoms with Crippen LogP contribution in [0.25, 0.3) is 0 Å². The van der Waals surface area contributed by atoms with Crippen LogP contribution in [0.2, 0.25) is 0 Å². The number of benzene rings is 2. The quantitative estimate of drug-likeness (QED) is 0.880. The highest BCUT2D eigenvalue weighted by Crippen LogP contribution is 2.30. The van der Waals surface area contributed by atoms with Gasteiger partial charge >= 0.3 is 0 Å². The van der Waals surface area contributed by atoms with Gasteiger partial charge in [0.2, 0.25) is 0 Å². The van der Waals surface area contributed by atoms with Crippen LogP contribution in [0.5, 0.6) is 5.75 Å². The topological polar surface area (TPSA) is 38.3 Å². The van der Waals surface area contributed by atoms with E-state index in [4.69, 9.17) is 4.74 Å². The summed E-state index contributed by atoms with van der Waals surface area (Å²) < 4.78 is 5.97. The molecule has 1 aliphatic rings. The van der Waals surface area contributed by atoms with E-state index in [1.54, 1.807) is 0 Å². The Bertz CT molecular complexity index is 681. The van der Waals surface area contributed by atoms with Crippen molar-refractivity contribution in [1.29, 1.82) is 0 Å². The van der Waals surface area contributed by atoms with Gasteiger partial charge in [0.15, 0.2) is 6.10 Å². The van der Waals surface area contributed by atoms with Crippen LogP contribution < -0.4 is 10.1 Å². The third-order valence-corrected chi connectivity index (χ3v) is 4.58. The molecular formula is C21H25NO2. The van der Waals surface area contributed by atoms with Crippen LogP contribution in [-0.2, 0) is 24.1 Å². The molecule has 1 N–H and O–H groups in total. The number of carbonyl (C=O) groups is 1. The minimum atomic E-state index is -0.478. The van der Waals surface area contributed by atoms with Crippen molar-refractivity contribution in [3.63, 3.8) is 0 Å². The highest BCUT2D eigenvalue weighted by molar-refractivity contribution is 5.80. The molecule has 0 bridgehead atoms. The van der Waals surface area contributed by atoms with Gasteiger partial charge in [-0.2, -0.15) is 0 Å². The molecule has 126 valence electrons.